The molecule has 2 aromatic rings. The first-order valence-electron chi connectivity index (χ1n) is 11.2. The van der Waals surface area contributed by atoms with E-state index >= 15 is 0 Å². The van der Waals surface area contributed by atoms with Crippen molar-refractivity contribution in [2.75, 3.05) is 45.7 Å². The van der Waals surface area contributed by atoms with Crippen molar-refractivity contribution in [1.82, 2.24) is 9.21 Å². The van der Waals surface area contributed by atoms with Crippen LogP contribution in [0, 0.1) is 0 Å². The zero-order valence-corrected chi connectivity index (χ0v) is 20.2. The fourth-order valence-corrected chi connectivity index (χ4v) is 6.10. The Morgan fingerprint density at radius 3 is 2.30 bits per heavy atom. The molecule has 1 N–H and O–H groups in total. The van der Waals surface area contributed by atoms with E-state index in [2.05, 4.69) is 17.1 Å². The van der Waals surface area contributed by atoms with Gasteiger partial charge in [0.05, 0.1) is 25.7 Å². The third kappa shape index (κ3) is 4.85. The number of ether oxygens (including phenoxy) is 2. The largest absolute Gasteiger partial charge is 0.493 e. The van der Waals surface area contributed by atoms with E-state index in [1.165, 1.54) is 9.87 Å². The molecule has 178 valence electrons. The number of nitrogens with zero attached hydrogens (tertiary/aromatic N) is 2. The molecule has 8 nitrogen and oxygen atoms in total. The summed E-state index contributed by atoms with van der Waals surface area (Å²) in [6.45, 7) is 4.20. The average Bonchev–Trinajstić information content (AvgIpc) is 3.36. The van der Waals surface area contributed by atoms with Crippen molar-refractivity contribution in [3.05, 3.63) is 47.5 Å². The van der Waals surface area contributed by atoms with Gasteiger partial charge >= 0.3 is 0 Å². The minimum atomic E-state index is -3.46. The lowest BCUT2D eigenvalue weighted by Gasteiger charge is -2.35. The summed E-state index contributed by atoms with van der Waals surface area (Å²) in [6.07, 6.45) is 2.61. The van der Waals surface area contributed by atoms with Crippen molar-refractivity contribution in [2.24, 2.45) is 0 Å². The quantitative estimate of drug-likeness (QED) is 0.665. The van der Waals surface area contributed by atoms with Crippen molar-refractivity contribution in [2.45, 2.75) is 37.1 Å². The summed E-state index contributed by atoms with van der Waals surface area (Å²) in [5, 5.41) is 2.89. The van der Waals surface area contributed by atoms with Crippen molar-refractivity contribution in [3.63, 3.8) is 0 Å². The zero-order valence-electron chi connectivity index (χ0n) is 19.3. The number of methoxy groups -OCH3 is 2. The number of hydrogen-bond acceptors (Lipinski definition) is 6. The van der Waals surface area contributed by atoms with Gasteiger partial charge in [0.15, 0.2) is 11.5 Å². The number of rotatable bonds is 7. The third-order valence-corrected chi connectivity index (χ3v) is 8.41. The Morgan fingerprint density at radius 2 is 1.67 bits per heavy atom. The standard InChI is InChI=1S/C24H31N3O5S/c1-17-21-15-23(32-3)22(31-2)14-18(21)10-13-26(17)16-24(28)25-19-6-8-20(9-7-19)33(29,30)27-11-4-5-12-27/h6-9,14-15,17H,4-5,10-13,16H2,1-3H3,(H,25,28)/t17-/m0/s1. The predicted molar refractivity (Wildman–Crippen MR) is 126 cm³/mol. The Balaban J connectivity index is 1.40. The Bertz CT molecular complexity index is 1110. The molecule has 0 radical (unpaired) electrons. The molecule has 33 heavy (non-hydrogen) atoms. The first kappa shape index (κ1) is 23.5. The number of hydrogen-bond donors (Lipinski definition) is 1. The Morgan fingerprint density at radius 1 is 1.03 bits per heavy atom. The molecule has 9 heteroatoms. The second-order valence-corrected chi connectivity index (χ2v) is 10.4. The van der Waals surface area contributed by atoms with E-state index in [9.17, 15) is 13.2 Å². The Hall–Kier alpha value is -2.62. The van der Waals surface area contributed by atoms with Crippen LogP contribution in [0.5, 0.6) is 11.5 Å². The van der Waals surface area contributed by atoms with Gasteiger partial charge in [0.2, 0.25) is 15.9 Å². The fraction of sp³-hybridized carbons (Fsp3) is 0.458. The van der Waals surface area contributed by atoms with Crippen LogP contribution in [0.1, 0.15) is 36.9 Å². The second kappa shape index (κ2) is 9.70. The van der Waals surface area contributed by atoms with Gasteiger partial charge in [0.1, 0.15) is 0 Å². The average molecular weight is 474 g/mol. The highest BCUT2D eigenvalue weighted by atomic mass is 32.2. The van der Waals surface area contributed by atoms with E-state index in [0.29, 0.717) is 30.3 Å². The predicted octanol–water partition coefficient (Wildman–Crippen LogP) is 3.05. The van der Waals surface area contributed by atoms with Gasteiger partial charge in [-0.15, -0.1) is 0 Å². The molecule has 2 heterocycles. The molecular formula is C24H31N3O5S. The van der Waals surface area contributed by atoms with Crippen molar-refractivity contribution < 1.29 is 22.7 Å². The fourth-order valence-electron chi connectivity index (χ4n) is 4.59. The number of amides is 1. The number of sulfonamides is 1. The number of carbonyl (C=O) groups is 1. The molecule has 1 saturated heterocycles. The van der Waals surface area contributed by atoms with Crippen LogP contribution in [0.3, 0.4) is 0 Å². The number of anilines is 1. The van der Waals surface area contributed by atoms with Gasteiger partial charge in [-0.1, -0.05) is 0 Å². The van der Waals surface area contributed by atoms with Gasteiger partial charge in [-0.05, 0) is 73.7 Å². The third-order valence-electron chi connectivity index (χ3n) is 6.50. The molecule has 0 unspecified atom stereocenters. The molecule has 1 fully saturated rings. The van der Waals surface area contributed by atoms with E-state index in [4.69, 9.17) is 9.47 Å². The number of fused-ring (bicyclic) bond motifs is 1. The van der Waals surface area contributed by atoms with Gasteiger partial charge in [0, 0.05) is 31.4 Å². The highest BCUT2D eigenvalue weighted by Gasteiger charge is 2.28. The summed E-state index contributed by atoms with van der Waals surface area (Å²) in [5.74, 6) is 1.25. The second-order valence-electron chi connectivity index (χ2n) is 8.49. The van der Waals surface area contributed by atoms with Crippen molar-refractivity contribution in [1.29, 1.82) is 0 Å². The monoisotopic (exact) mass is 473 g/mol. The topological polar surface area (TPSA) is 88.2 Å². The molecule has 0 aliphatic carbocycles. The van der Waals surface area contributed by atoms with E-state index in [1.54, 1.807) is 38.5 Å². The maximum atomic E-state index is 12.7. The molecule has 2 aromatic carbocycles. The summed E-state index contributed by atoms with van der Waals surface area (Å²) < 4.78 is 37.7. The van der Waals surface area contributed by atoms with Crippen LogP contribution in [0.25, 0.3) is 0 Å². The molecule has 2 aliphatic rings. The highest BCUT2D eigenvalue weighted by Crippen LogP contribution is 2.37. The van der Waals surface area contributed by atoms with Crippen LogP contribution < -0.4 is 14.8 Å². The minimum absolute atomic E-state index is 0.0484. The van der Waals surface area contributed by atoms with Crippen molar-refractivity contribution in [3.8, 4) is 11.5 Å². The molecule has 0 bridgehead atoms. The number of carbonyl (C=O) groups excluding carboxylic acids is 1. The molecule has 0 spiro atoms. The summed E-state index contributed by atoms with van der Waals surface area (Å²) in [4.78, 5) is 15.1. The van der Waals surface area contributed by atoms with Gasteiger partial charge in [-0.25, -0.2) is 8.42 Å². The van der Waals surface area contributed by atoms with Crippen LogP contribution in [-0.2, 0) is 21.2 Å². The lowest BCUT2D eigenvalue weighted by Crippen LogP contribution is -2.39. The summed E-state index contributed by atoms with van der Waals surface area (Å²) in [5.41, 5.74) is 2.91. The molecule has 0 aromatic heterocycles. The molecule has 2 aliphatic heterocycles. The maximum absolute atomic E-state index is 12.7. The Labute approximate surface area is 195 Å². The van der Waals surface area contributed by atoms with Crippen LogP contribution >= 0.6 is 0 Å². The number of benzene rings is 2. The van der Waals surface area contributed by atoms with Crippen LogP contribution in [-0.4, -0.2) is 63.9 Å². The molecule has 1 amide bonds. The lowest BCUT2D eigenvalue weighted by molar-refractivity contribution is -0.117. The smallest absolute Gasteiger partial charge is 0.243 e. The molecule has 0 saturated carbocycles. The highest BCUT2D eigenvalue weighted by molar-refractivity contribution is 7.89. The van der Waals surface area contributed by atoms with Gasteiger partial charge in [-0.2, -0.15) is 4.31 Å². The van der Waals surface area contributed by atoms with Crippen LogP contribution in [0.2, 0.25) is 0 Å². The summed E-state index contributed by atoms with van der Waals surface area (Å²) in [6, 6.07) is 10.5. The van der Waals surface area contributed by atoms with Crippen LogP contribution in [0.15, 0.2) is 41.3 Å². The number of nitrogens with one attached hydrogen (secondary N) is 1. The minimum Gasteiger partial charge on any atom is -0.493 e. The molecule has 4 rings (SSSR count). The summed E-state index contributed by atoms with van der Waals surface area (Å²) >= 11 is 0. The summed E-state index contributed by atoms with van der Waals surface area (Å²) in [7, 11) is -0.218. The van der Waals surface area contributed by atoms with E-state index in [-0.39, 0.29) is 23.4 Å². The normalized spacial score (nSPS) is 19.2. The maximum Gasteiger partial charge on any atom is 0.243 e. The lowest BCUT2D eigenvalue weighted by atomic mass is 9.93. The van der Waals surface area contributed by atoms with E-state index < -0.39 is 10.0 Å². The SMILES string of the molecule is COc1cc2c(cc1OC)[C@H](C)N(CC(=O)Nc1ccc(S(=O)(=O)N3CCCC3)cc1)CC2. The Kier molecular flexibility index (Phi) is 6.92. The van der Waals surface area contributed by atoms with Gasteiger partial charge in [-0.3, -0.25) is 9.69 Å². The van der Waals surface area contributed by atoms with Crippen LogP contribution in [0.4, 0.5) is 5.69 Å². The first-order valence-corrected chi connectivity index (χ1v) is 12.7. The van der Waals surface area contributed by atoms with Crippen molar-refractivity contribution >= 4 is 21.6 Å². The van der Waals surface area contributed by atoms with E-state index in [0.717, 1.165) is 31.4 Å². The van der Waals surface area contributed by atoms with E-state index in [1.807, 2.05) is 12.1 Å². The zero-order chi connectivity index (χ0) is 23.6. The van der Waals surface area contributed by atoms with Gasteiger partial charge < -0.3 is 14.8 Å². The molecular weight excluding hydrogens is 442 g/mol. The molecule has 1 atom stereocenters. The van der Waals surface area contributed by atoms with Gasteiger partial charge in [0.25, 0.3) is 0 Å². The first-order chi connectivity index (χ1) is 15.8.